The summed E-state index contributed by atoms with van der Waals surface area (Å²) in [4.78, 5) is 18.4. The molecule has 1 aromatic heterocycles. The van der Waals surface area contributed by atoms with E-state index in [2.05, 4.69) is 22.3 Å². The molecule has 1 fully saturated rings. The van der Waals surface area contributed by atoms with Crippen molar-refractivity contribution < 1.29 is 4.79 Å². The first kappa shape index (κ1) is 15.9. The van der Waals surface area contributed by atoms with Crippen molar-refractivity contribution in [1.29, 1.82) is 0 Å². The van der Waals surface area contributed by atoms with Crippen LogP contribution in [0.3, 0.4) is 0 Å². The van der Waals surface area contributed by atoms with Crippen LogP contribution in [0.5, 0.6) is 0 Å². The normalized spacial score (nSPS) is 17.6. The summed E-state index contributed by atoms with van der Waals surface area (Å²) >= 11 is 7.63. The van der Waals surface area contributed by atoms with Crippen LogP contribution in [0.25, 0.3) is 0 Å². The molecule has 2 aromatic rings. The quantitative estimate of drug-likeness (QED) is 0.910. The van der Waals surface area contributed by atoms with E-state index >= 15 is 0 Å². The van der Waals surface area contributed by atoms with Crippen molar-refractivity contribution in [3.8, 4) is 0 Å². The van der Waals surface area contributed by atoms with Gasteiger partial charge in [0.2, 0.25) is 0 Å². The number of hydrogen-bond acceptors (Lipinski definition) is 4. The maximum atomic E-state index is 12.7. The van der Waals surface area contributed by atoms with Crippen LogP contribution in [-0.2, 0) is 13.0 Å². The molecule has 0 unspecified atom stereocenters. The van der Waals surface area contributed by atoms with E-state index in [-0.39, 0.29) is 5.91 Å². The second-order valence-corrected chi connectivity index (χ2v) is 8.12. The van der Waals surface area contributed by atoms with Crippen LogP contribution in [0.2, 0.25) is 4.34 Å². The van der Waals surface area contributed by atoms with Gasteiger partial charge in [0, 0.05) is 55.4 Å². The average molecular weight is 362 g/mol. The van der Waals surface area contributed by atoms with Gasteiger partial charge in [-0.25, -0.2) is 0 Å². The molecule has 24 heavy (non-hydrogen) atoms. The topological polar surface area (TPSA) is 35.6 Å². The number of thiophene rings is 1. The fourth-order valence-electron chi connectivity index (χ4n) is 3.39. The van der Waals surface area contributed by atoms with Gasteiger partial charge in [0.05, 0.1) is 4.34 Å². The second-order valence-electron chi connectivity index (χ2n) is 6.32. The molecule has 4 nitrogen and oxygen atoms in total. The van der Waals surface area contributed by atoms with Gasteiger partial charge < -0.3 is 10.2 Å². The molecule has 0 spiro atoms. The minimum absolute atomic E-state index is 0.156. The van der Waals surface area contributed by atoms with E-state index in [1.807, 2.05) is 23.1 Å². The molecule has 0 radical (unpaired) electrons. The highest BCUT2D eigenvalue weighted by Gasteiger charge is 2.23. The Kier molecular flexibility index (Phi) is 4.48. The predicted octanol–water partition coefficient (Wildman–Crippen LogP) is 3.33. The molecule has 2 aliphatic heterocycles. The zero-order valence-electron chi connectivity index (χ0n) is 13.4. The lowest BCUT2D eigenvalue weighted by atomic mass is 10.1. The minimum Gasteiger partial charge on any atom is -0.384 e. The number of fused-ring (bicyclic) bond motifs is 1. The Labute approximate surface area is 151 Å². The number of amides is 1. The number of hydrogen-bond donors (Lipinski definition) is 1. The lowest BCUT2D eigenvalue weighted by Gasteiger charge is -2.34. The molecule has 2 aliphatic rings. The molecule has 1 aromatic carbocycles. The first-order valence-corrected chi connectivity index (χ1v) is 9.51. The summed E-state index contributed by atoms with van der Waals surface area (Å²) in [6, 6.07) is 10.1. The molecule has 1 amide bonds. The van der Waals surface area contributed by atoms with Crippen molar-refractivity contribution in [3.05, 3.63) is 50.7 Å². The van der Waals surface area contributed by atoms with Gasteiger partial charge in [-0.1, -0.05) is 11.6 Å². The first-order chi connectivity index (χ1) is 11.7. The lowest BCUT2D eigenvalue weighted by molar-refractivity contribution is 0.0629. The van der Waals surface area contributed by atoms with E-state index in [1.165, 1.54) is 16.1 Å². The van der Waals surface area contributed by atoms with Crippen LogP contribution in [-0.4, -0.2) is 48.4 Å². The lowest BCUT2D eigenvalue weighted by Crippen LogP contribution is -2.48. The first-order valence-electron chi connectivity index (χ1n) is 8.32. The molecule has 0 saturated carbocycles. The van der Waals surface area contributed by atoms with Crippen molar-refractivity contribution in [2.45, 2.75) is 13.0 Å². The monoisotopic (exact) mass is 361 g/mol. The van der Waals surface area contributed by atoms with Crippen molar-refractivity contribution >= 4 is 34.5 Å². The van der Waals surface area contributed by atoms with Gasteiger partial charge >= 0.3 is 0 Å². The van der Waals surface area contributed by atoms with E-state index in [9.17, 15) is 4.79 Å². The van der Waals surface area contributed by atoms with Gasteiger partial charge in [-0.05, 0) is 42.3 Å². The third-order valence-corrected chi connectivity index (χ3v) is 5.95. The summed E-state index contributed by atoms with van der Waals surface area (Å²) in [5, 5.41) is 3.34. The molecule has 1 N–H and O–H groups in total. The molecule has 3 heterocycles. The van der Waals surface area contributed by atoms with Gasteiger partial charge in [-0.3, -0.25) is 9.69 Å². The minimum atomic E-state index is 0.156. The van der Waals surface area contributed by atoms with Crippen LogP contribution < -0.4 is 5.32 Å². The number of carbonyl (C=O) groups excluding carboxylic acids is 1. The number of halogens is 1. The van der Waals surface area contributed by atoms with Gasteiger partial charge in [0.1, 0.15) is 0 Å². The highest BCUT2D eigenvalue weighted by atomic mass is 35.5. The van der Waals surface area contributed by atoms with Gasteiger partial charge in [0.15, 0.2) is 0 Å². The Hall–Kier alpha value is -1.56. The Morgan fingerprint density at radius 3 is 2.75 bits per heavy atom. The van der Waals surface area contributed by atoms with Crippen LogP contribution in [0.1, 0.15) is 20.8 Å². The van der Waals surface area contributed by atoms with Crippen LogP contribution in [0.15, 0.2) is 30.3 Å². The molecular weight excluding hydrogens is 342 g/mol. The molecule has 6 heteroatoms. The van der Waals surface area contributed by atoms with Crippen molar-refractivity contribution in [2.24, 2.45) is 0 Å². The Morgan fingerprint density at radius 2 is 2.00 bits per heavy atom. The van der Waals surface area contributed by atoms with Crippen LogP contribution >= 0.6 is 22.9 Å². The number of rotatable bonds is 3. The van der Waals surface area contributed by atoms with Gasteiger partial charge in [-0.2, -0.15) is 0 Å². The Morgan fingerprint density at radius 1 is 1.17 bits per heavy atom. The molecule has 0 atom stereocenters. The largest absolute Gasteiger partial charge is 0.384 e. The van der Waals surface area contributed by atoms with Crippen molar-refractivity contribution in [2.75, 3.05) is 38.0 Å². The van der Waals surface area contributed by atoms with Gasteiger partial charge in [0.25, 0.3) is 5.91 Å². The van der Waals surface area contributed by atoms with E-state index in [1.54, 1.807) is 11.3 Å². The second kappa shape index (κ2) is 6.75. The van der Waals surface area contributed by atoms with Crippen molar-refractivity contribution in [3.63, 3.8) is 0 Å². The summed E-state index contributed by atoms with van der Waals surface area (Å²) in [6.07, 6.45) is 1.01. The van der Waals surface area contributed by atoms with E-state index in [4.69, 9.17) is 11.6 Å². The third kappa shape index (κ3) is 3.29. The molecule has 0 aliphatic carbocycles. The Bertz CT molecular complexity index is 752. The van der Waals surface area contributed by atoms with E-state index < -0.39 is 0 Å². The molecule has 4 rings (SSSR count). The molecule has 126 valence electrons. The highest BCUT2D eigenvalue weighted by molar-refractivity contribution is 7.16. The summed E-state index contributed by atoms with van der Waals surface area (Å²) < 4.78 is 0.838. The number of nitrogens with one attached hydrogen (secondary N) is 1. The zero-order valence-corrected chi connectivity index (χ0v) is 15.0. The smallest absolute Gasteiger partial charge is 0.253 e. The predicted molar refractivity (Wildman–Crippen MR) is 99.1 cm³/mol. The van der Waals surface area contributed by atoms with Crippen LogP contribution in [0, 0.1) is 0 Å². The third-order valence-electron chi connectivity index (χ3n) is 4.73. The highest BCUT2D eigenvalue weighted by Crippen LogP contribution is 2.25. The molecule has 1 saturated heterocycles. The van der Waals surface area contributed by atoms with Crippen LogP contribution in [0.4, 0.5) is 5.69 Å². The maximum Gasteiger partial charge on any atom is 0.253 e. The maximum absolute atomic E-state index is 12.7. The summed E-state index contributed by atoms with van der Waals surface area (Å²) in [7, 11) is 0. The fourth-order valence-corrected chi connectivity index (χ4v) is 4.52. The van der Waals surface area contributed by atoms with Gasteiger partial charge in [-0.15, -0.1) is 11.3 Å². The average Bonchev–Trinajstić information content (AvgIpc) is 3.23. The Balaban J connectivity index is 1.36. The zero-order chi connectivity index (χ0) is 16.5. The number of piperazine rings is 1. The fraction of sp³-hybridized carbons (Fsp3) is 0.389. The number of benzene rings is 1. The summed E-state index contributed by atoms with van der Waals surface area (Å²) in [5.74, 6) is 0.156. The standard InChI is InChI=1S/C18H20ClN3OS/c19-17-4-2-15(24-17)12-21-7-9-22(10-8-21)18(23)14-1-3-16-13(11-14)5-6-20-16/h1-4,11,20H,5-10,12H2. The number of carbonyl (C=O) groups is 1. The SMILES string of the molecule is O=C(c1ccc2c(c1)CCN2)N1CCN(Cc2ccc(Cl)s2)CC1. The number of anilines is 1. The summed E-state index contributed by atoms with van der Waals surface area (Å²) in [6.45, 7) is 5.28. The summed E-state index contributed by atoms with van der Waals surface area (Å²) in [5.41, 5.74) is 3.25. The van der Waals surface area contributed by atoms with Crippen molar-refractivity contribution in [1.82, 2.24) is 9.80 Å². The van der Waals surface area contributed by atoms with E-state index in [0.717, 1.165) is 55.6 Å². The molecule has 0 bridgehead atoms. The van der Waals surface area contributed by atoms with E-state index in [0.29, 0.717) is 0 Å². The molecular formula is C18H20ClN3OS. The number of nitrogens with zero attached hydrogens (tertiary/aromatic N) is 2.